The van der Waals surface area contributed by atoms with Crippen molar-refractivity contribution in [2.45, 2.75) is 13.0 Å². The molecule has 0 saturated carbocycles. The molecule has 1 aromatic heterocycles. The van der Waals surface area contributed by atoms with Crippen LogP contribution in [0.4, 0.5) is 0 Å². The molecule has 4 rings (SSSR count). The molecule has 0 saturated heterocycles. The van der Waals surface area contributed by atoms with Gasteiger partial charge in [-0.15, -0.1) is 11.3 Å². The van der Waals surface area contributed by atoms with Gasteiger partial charge in [0.15, 0.2) is 0 Å². The Hall–Kier alpha value is -2.72. The molecule has 24 heavy (non-hydrogen) atoms. The van der Waals surface area contributed by atoms with Gasteiger partial charge in [-0.3, -0.25) is 4.79 Å². The van der Waals surface area contributed by atoms with Crippen molar-refractivity contribution in [2.75, 3.05) is 0 Å². The fourth-order valence-corrected chi connectivity index (χ4v) is 3.76. The second kappa shape index (κ2) is 6.42. The molecule has 1 amide bonds. The lowest BCUT2D eigenvalue weighted by molar-refractivity contribution is -0.120. The van der Waals surface area contributed by atoms with Gasteiger partial charge in [-0.1, -0.05) is 54.6 Å². The molecule has 1 N–H and O–H groups in total. The third-order valence-electron chi connectivity index (χ3n) is 4.01. The van der Waals surface area contributed by atoms with Gasteiger partial charge in [0.05, 0.1) is 23.2 Å². The fraction of sp³-hybridized carbons (Fsp3) is 0.100. The summed E-state index contributed by atoms with van der Waals surface area (Å²) in [6.07, 6.45) is 0.381. The highest BCUT2D eigenvalue weighted by Gasteiger charge is 2.08. The molecule has 1 heterocycles. The van der Waals surface area contributed by atoms with Gasteiger partial charge >= 0.3 is 0 Å². The lowest BCUT2D eigenvalue weighted by Crippen LogP contribution is -2.24. The summed E-state index contributed by atoms with van der Waals surface area (Å²) in [4.78, 5) is 16.9. The van der Waals surface area contributed by atoms with Gasteiger partial charge in [-0.2, -0.15) is 0 Å². The van der Waals surface area contributed by atoms with Gasteiger partial charge in [-0.05, 0) is 28.5 Å². The minimum atomic E-state index is 0.0191. The molecule has 118 valence electrons. The summed E-state index contributed by atoms with van der Waals surface area (Å²) < 4.78 is 1.15. The molecule has 4 aromatic rings. The molecular weight excluding hydrogens is 316 g/mol. The minimum absolute atomic E-state index is 0.0191. The Morgan fingerprint density at radius 3 is 2.67 bits per heavy atom. The lowest BCUT2D eigenvalue weighted by Gasteiger charge is -2.07. The Morgan fingerprint density at radius 1 is 0.958 bits per heavy atom. The highest BCUT2D eigenvalue weighted by Crippen LogP contribution is 2.22. The van der Waals surface area contributed by atoms with Crippen molar-refractivity contribution in [1.29, 1.82) is 0 Å². The van der Waals surface area contributed by atoms with E-state index in [2.05, 4.69) is 34.6 Å². The van der Waals surface area contributed by atoms with Crippen LogP contribution in [0.15, 0.2) is 66.7 Å². The van der Waals surface area contributed by atoms with Crippen LogP contribution < -0.4 is 5.32 Å². The van der Waals surface area contributed by atoms with E-state index in [9.17, 15) is 4.79 Å². The molecule has 0 atom stereocenters. The molecule has 0 spiro atoms. The average molecular weight is 332 g/mol. The number of hydrogen-bond acceptors (Lipinski definition) is 3. The first-order valence-corrected chi connectivity index (χ1v) is 8.69. The first-order valence-electron chi connectivity index (χ1n) is 7.87. The maximum atomic E-state index is 12.3. The minimum Gasteiger partial charge on any atom is -0.349 e. The first kappa shape index (κ1) is 14.8. The SMILES string of the molecule is O=C(Cc1cccc2ccccc12)NCc1nc2ccccc2s1. The zero-order valence-electron chi connectivity index (χ0n) is 13.0. The Bertz CT molecular complexity index is 984. The number of thiazole rings is 1. The smallest absolute Gasteiger partial charge is 0.224 e. The van der Waals surface area contributed by atoms with Crippen molar-refractivity contribution in [3.8, 4) is 0 Å². The van der Waals surface area contributed by atoms with E-state index >= 15 is 0 Å². The standard InChI is InChI=1S/C20H16N2OS/c23-19(12-15-8-5-7-14-6-1-2-9-16(14)15)21-13-20-22-17-10-3-4-11-18(17)24-20/h1-11H,12-13H2,(H,21,23). The molecule has 0 unspecified atom stereocenters. The van der Waals surface area contributed by atoms with Crippen molar-refractivity contribution in [3.63, 3.8) is 0 Å². The van der Waals surface area contributed by atoms with Crippen LogP contribution >= 0.6 is 11.3 Å². The van der Waals surface area contributed by atoms with Crippen molar-refractivity contribution >= 4 is 38.2 Å². The number of carbonyl (C=O) groups is 1. The number of nitrogens with one attached hydrogen (secondary N) is 1. The van der Waals surface area contributed by atoms with Crippen LogP contribution in [-0.2, 0) is 17.8 Å². The maximum absolute atomic E-state index is 12.3. The van der Waals surface area contributed by atoms with Crippen molar-refractivity contribution in [3.05, 3.63) is 77.3 Å². The van der Waals surface area contributed by atoms with Crippen LogP contribution in [0.1, 0.15) is 10.6 Å². The molecular formula is C20H16N2OS. The molecule has 3 nitrogen and oxygen atoms in total. The number of hydrogen-bond donors (Lipinski definition) is 1. The Morgan fingerprint density at radius 2 is 1.75 bits per heavy atom. The number of rotatable bonds is 4. The predicted octanol–water partition coefficient (Wildman–Crippen LogP) is 4.31. The van der Waals surface area contributed by atoms with Crippen LogP contribution in [-0.4, -0.2) is 10.9 Å². The molecule has 4 heteroatoms. The second-order valence-corrected chi connectivity index (χ2v) is 6.78. The summed E-state index contributed by atoms with van der Waals surface area (Å²) >= 11 is 1.62. The summed E-state index contributed by atoms with van der Waals surface area (Å²) in [6, 6.07) is 22.2. The third-order valence-corrected chi connectivity index (χ3v) is 5.04. The molecule has 3 aromatic carbocycles. The zero-order valence-corrected chi connectivity index (χ0v) is 13.8. The van der Waals surface area contributed by atoms with E-state index in [1.54, 1.807) is 11.3 Å². The van der Waals surface area contributed by atoms with E-state index in [-0.39, 0.29) is 5.91 Å². The van der Waals surface area contributed by atoms with Gasteiger partial charge in [0.25, 0.3) is 0 Å². The molecule has 0 aliphatic carbocycles. The monoisotopic (exact) mass is 332 g/mol. The summed E-state index contributed by atoms with van der Waals surface area (Å²) in [5.41, 5.74) is 2.04. The topological polar surface area (TPSA) is 42.0 Å². The van der Waals surface area contributed by atoms with E-state index in [4.69, 9.17) is 0 Å². The van der Waals surface area contributed by atoms with Crippen LogP contribution in [0.25, 0.3) is 21.0 Å². The van der Waals surface area contributed by atoms with Crippen molar-refractivity contribution < 1.29 is 4.79 Å². The van der Waals surface area contributed by atoms with E-state index in [1.165, 1.54) is 0 Å². The van der Waals surface area contributed by atoms with E-state index < -0.39 is 0 Å². The number of benzene rings is 3. The number of aromatic nitrogens is 1. The summed E-state index contributed by atoms with van der Waals surface area (Å²) in [7, 11) is 0. The van der Waals surface area contributed by atoms with Crippen LogP contribution in [0.5, 0.6) is 0 Å². The second-order valence-electron chi connectivity index (χ2n) is 5.67. The van der Waals surface area contributed by atoms with Gasteiger partial charge in [-0.25, -0.2) is 4.98 Å². The number of fused-ring (bicyclic) bond motifs is 2. The maximum Gasteiger partial charge on any atom is 0.224 e. The van der Waals surface area contributed by atoms with Gasteiger partial charge in [0.1, 0.15) is 5.01 Å². The number of carbonyl (C=O) groups excluding carboxylic acids is 1. The molecule has 0 aliphatic heterocycles. The number of nitrogens with zero attached hydrogens (tertiary/aromatic N) is 1. The van der Waals surface area contributed by atoms with Crippen LogP contribution in [0.3, 0.4) is 0 Å². The molecule has 0 aliphatic rings. The first-order chi connectivity index (χ1) is 11.8. The Balaban J connectivity index is 1.46. The normalized spacial score (nSPS) is 11.0. The third kappa shape index (κ3) is 3.01. The fourth-order valence-electron chi connectivity index (χ4n) is 2.85. The summed E-state index contributed by atoms with van der Waals surface area (Å²) in [5.74, 6) is 0.0191. The van der Waals surface area contributed by atoms with E-state index in [0.717, 1.165) is 31.6 Å². The largest absolute Gasteiger partial charge is 0.349 e. The Labute approximate surface area is 144 Å². The molecule has 0 fully saturated rings. The van der Waals surface area contributed by atoms with Crippen molar-refractivity contribution in [1.82, 2.24) is 10.3 Å². The highest BCUT2D eigenvalue weighted by molar-refractivity contribution is 7.18. The average Bonchev–Trinajstić information content (AvgIpc) is 3.03. The van der Waals surface area contributed by atoms with Crippen LogP contribution in [0.2, 0.25) is 0 Å². The summed E-state index contributed by atoms with van der Waals surface area (Å²) in [5, 5.41) is 6.21. The zero-order chi connectivity index (χ0) is 16.4. The van der Waals surface area contributed by atoms with E-state index in [1.807, 2.05) is 42.5 Å². The van der Waals surface area contributed by atoms with E-state index in [0.29, 0.717) is 13.0 Å². The molecule has 0 radical (unpaired) electrons. The number of amides is 1. The predicted molar refractivity (Wildman–Crippen MR) is 99.1 cm³/mol. The highest BCUT2D eigenvalue weighted by atomic mass is 32.1. The Kier molecular flexibility index (Phi) is 3.97. The quantitative estimate of drug-likeness (QED) is 0.605. The van der Waals surface area contributed by atoms with Crippen LogP contribution in [0, 0.1) is 0 Å². The van der Waals surface area contributed by atoms with Gasteiger partial charge in [0, 0.05) is 0 Å². The lowest BCUT2D eigenvalue weighted by atomic mass is 10.0. The van der Waals surface area contributed by atoms with Crippen molar-refractivity contribution in [2.24, 2.45) is 0 Å². The summed E-state index contributed by atoms with van der Waals surface area (Å²) in [6.45, 7) is 0.475. The van der Waals surface area contributed by atoms with Gasteiger partial charge in [0.2, 0.25) is 5.91 Å². The van der Waals surface area contributed by atoms with Gasteiger partial charge < -0.3 is 5.32 Å². The number of para-hydroxylation sites is 1. The molecule has 0 bridgehead atoms.